The van der Waals surface area contributed by atoms with Crippen LogP contribution in [-0.4, -0.2) is 45.5 Å². The minimum atomic E-state index is -3.55. The highest BCUT2D eigenvalue weighted by atomic mass is 35.5. The maximum atomic E-state index is 13.0. The normalized spacial score (nSPS) is 18.7. The lowest BCUT2D eigenvalue weighted by Gasteiger charge is -2.37. The van der Waals surface area contributed by atoms with E-state index in [0.29, 0.717) is 16.0 Å². The lowest BCUT2D eigenvalue weighted by molar-refractivity contribution is 0.219. The monoisotopic (exact) mass is 404 g/mol. The summed E-state index contributed by atoms with van der Waals surface area (Å²) in [5.41, 5.74) is 2.34. The minimum absolute atomic E-state index is 0.247. The van der Waals surface area contributed by atoms with E-state index in [2.05, 4.69) is 16.7 Å². The first-order valence-corrected chi connectivity index (χ1v) is 11.5. The summed E-state index contributed by atoms with van der Waals surface area (Å²) >= 11 is 5.98. The number of hydrogen-bond acceptors (Lipinski definition) is 4. The minimum Gasteiger partial charge on any atom is -0.368 e. The molecule has 0 aliphatic carbocycles. The van der Waals surface area contributed by atoms with Crippen LogP contribution >= 0.6 is 11.6 Å². The third-order valence-corrected chi connectivity index (χ3v) is 7.83. The Bertz CT molecular complexity index is 937. The van der Waals surface area contributed by atoms with Crippen molar-refractivity contribution in [2.45, 2.75) is 42.0 Å². The fraction of sp³-hybridized carbons (Fsp3) is 0.429. The number of benzene rings is 2. The molecule has 4 nitrogen and oxygen atoms in total. The maximum absolute atomic E-state index is 13.0. The van der Waals surface area contributed by atoms with Crippen LogP contribution < -0.4 is 4.90 Å². The summed E-state index contributed by atoms with van der Waals surface area (Å²) in [5, 5.41) is 0.432. The molecule has 1 saturated heterocycles. The zero-order chi connectivity index (χ0) is 19.0. The van der Waals surface area contributed by atoms with Crippen LogP contribution in [0.1, 0.15) is 25.3 Å². The van der Waals surface area contributed by atoms with E-state index < -0.39 is 9.84 Å². The van der Waals surface area contributed by atoms with Gasteiger partial charge in [-0.15, -0.1) is 0 Å². The highest BCUT2D eigenvalue weighted by Gasteiger charge is 2.30. The van der Waals surface area contributed by atoms with Gasteiger partial charge in [0.1, 0.15) is 0 Å². The second-order valence-corrected chi connectivity index (χ2v) is 9.75. The number of piperidine rings is 1. The maximum Gasteiger partial charge on any atom is 0.206 e. The topological polar surface area (TPSA) is 40.6 Å². The Morgan fingerprint density at radius 1 is 1.04 bits per heavy atom. The Morgan fingerprint density at radius 3 is 2.48 bits per heavy atom. The number of nitrogens with zero attached hydrogens (tertiary/aromatic N) is 2. The first-order valence-electron chi connectivity index (χ1n) is 9.61. The van der Waals surface area contributed by atoms with Gasteiger partial charge in [-0.1, -0.05) is 24.6 Å². The molecular weight excluding hydrogens is 380 g/mol. The zero-order valence-electron chi connectivity index (χ0n) is 15.6. The molecule has 0 unspecified atom stereocenters. The van der Waals surface area contributed by atoms with E-state index in [1.165, 1.54) is 24.6 Å². The Kier molecular flexibility index (Phi) is 5.19. The van der Waals surface area contributed by atoms with E-state index in [4.69, 9.17) is 11.6 Å². The van der Waals surface area contributed by atoms with Crippen molar-refractivity contribution < 1.29 is 8.42 Å². The lowest BCUT2D eigenvalue weighted by atomic mass is 10.0. The zero-order valence-corrected chi connectivity index (χ0v) is 17.1. The molecule has 0 aromatic heterocycles. The van der Waals surface area contributed by atoms with Crippen LogP contribution in [0.25, 0.3) is 0 Å². The molecule has 2 aromatic carbocycles. The van der Waals surface area contributed by atoms with Crippen molar-refractivity contribution in [2.24, 2.45) is 0 Å². The van der Waals surface area contributed by atoms with Crippen molar-refractivity contribution in [3.63, 3.8) is 0 Å². The van der Waals surface area contributed by atoms with Gasteiger partial charge in [0.2, 0.25) is 9.84 Å². The van der Waals surface area contributed by atoms with Crippen molar-refractivity contribution in [3.8, 4) is 0 Å². The van der Waals surface area contributed by atoms with Crippen molar-refractivity contribution in [1.29, 1.82) is 0 Å². The van der Waals surface area contributed by atoms with Gasteiger partial charge in [0.25, 0.3) is 0 Å². The summed E-state index contributed by atoms with van der Waals surface area (Å²) in [6.45, 7) is 6.61. The molecule has 0 atom stereocenters. The Hall–Kier alpha value is -1.56. The van der Waals surface area contributed by atoms with Gasteiger partial charge in [-0.3, -0.25) is 0 Å². The molecule has 0 radical (unpaired) electrons. The standard InChI is InChI=1S/C21H25ClN2O2S/c1-2-23-11-9-18(10-12-23)24-13-8-16-14-20(6-7-21(16)24)27(25,26)19-5-3-4-17(22)15-19/h3-7,14-15,18H,2,8-13H2,1H3. The molecule has 0 spiro atoms. The third-order valence-electron chi connectivity index (χ3n) is 5.84. The summed E-state index contributed by atoms with van der Waals surface area (Å²) in [5.74, 6) is 0. The highest BCUT2D eigenvalue weighted by Crippen LogP contribution is 2.35. The average molecular weight is 405 g/mol. The molecule has 6 heteroatoms. The number of anilines is 1. The van der Waals surface area contributed by atoms with Crippen molar-refractivity contribution in [2.75, 3.05) is 31.1 Å². The Labute approximate surface area is 166 Å². The highest BCUT2D eigenvalue weighted by molar-refractivity contribution is 7.91. The van der Waals surface area contributed by atoms with E-state index in [9.17, 15) is 8.42 Å². The molecule has 1 fully saturated rings. The van der Waals surface area contributed by atoms with Gasteiger partial charge in [0, 0.05) is 36.4 Å². The van der Waals surface area contributed by atoms with Gasteiger partial charge in [0.15, 0.2) is 0 Å². The predicted molar refractivity (Wildman–Crippen MR) is 110 cm³/mol. The molecule has 2 aromatic rings. The van der Waals surface area contributed by atoms with E-state index in [1.54, 1.807) is 24.3 Å². The number of halogens is 1. The average Bonchev–Trinajstić information content (AvgIpc) is 3.11. The third kappa shape index (κ3) is 3.60. The van der Waals surface area contributed by atoms with Crippen molar-refractivity contribution in [1.82, 2.24) is 4.90 Å². The quantitative estimate of drug-likeness (QED) is 0.771. The molecule has 27 heavy (non-hydrogen) atoms. The molecule has 0 N–H and O–H groups in total. The van der Waals surface area contributed by atoms with Gasteiger partial charge in [0.05, 0.1) is 9.79 Å². The molecule has 2 aliphatic heterocycles. The first kappa shape index (κ1) is 18.8. The summed E-state index contributed by atoms with van der Waals surface area (Å²) < 4.78 is 25.9. The van der Waals surface area contributed by atoms with E-state index in [1.807, 2.05) is 12.1 Å². The lowest BCUT2D eigenvalue weighted by Crippen LogP contribution is -2.44. The number of hydrogen-bond donors (Lipinski definition) is 0. The fourth-order valence-corrected chi connectivity index (χ4v) is 5.88. The SMILES string of the molecule is CCN1CCC(N2CCc3cc(S(=O)(=O)c4cccc(Cl)c4)ccc32)CC1. The van der Waals surface area contributed by atoms with Gasteiger partial charge in [-0.2, -0.15) is 0 Å². The number of rotatable bonds is 4. The number of sulfone groups is 1. The summed E-state index contributed by atoms with van der Waals surface area (Å²) in [4.78, 5) is 5.58. The van der Waals surface area contributed by atoms with E-state index in [-0.39, 0.29) is 4.90 Å². The summed E-state index contributed by atoms with van der Waals surface area (Å²) in [6.07, 6.45) is 3.26. The predicted octanol–water partition coefficient (Wildman–Crippen LogP) is 4.02. The van der Waals surface area contributed by atoms with E-state index >= 15 is 0 Å². The first-order chi connectivity index (χ1) is 13.0. The smallest absolute Gasteiger partial charge is 0.206 e. The van der Waals surface area contributed by atoms with Crippen molar-refractivity contribution >= 4 is 27.1 Å². The van der Waals surface area contributed by atoms with Gasteiger partial charge in [-0.25, -0.2) is 8.42 Å². The second kappa shape index (κ2) is 7.46. The fourth-order valence-electron chi connectivity index (χ4n) is 4.27. The summed E-state index contributed by atoms with van der Waals surface area (Å²) in [7, 11) is -3.55. The molecular formula is C21H25ClN2O2S. The van der Waals surface area contributed by atoms with Crippen LogP contribution in [0.3, 0.4) is 0 Å². The van der Waals surface area contributed by atoms with Gasteiger partial charge in [-0.05, 0) is 67.8 Å². The number of fused-ring (bicyclic) bond motifs is 1. The van der Waals surface area contributed by atoms with Gasteiger partial charge < -0.3 is 9.80 Å². The molecule has 2 heterocycles. The van der Waals surface area contributed by atoms with Gasteiger partial charge >= 0.3 is 0 Å². The second-order valence-electron chi connectivity index (χ2n) is 7.36. The molecule has 0 bridgehead atoms. The van der Waals surface area contributed by atoms with Crippen LogP contribution in [0.15, 0.2) is 52.3 Å². The van der Waals surface area contributed by atoms with Crippen molar-refractivity contribution in [3.05, 3.63) is 53.1 Å². The van der Waals surface area contributed by atoms with Crippen LogP contribution in [-0.2, 0) is 16.3 Å². The Morgan fingerprint density at radius 2 is 1.78 bits per heavy atom. The van der Waals surface area contributed by atoms with Crippen LogP contribution in [0, 0.1) is 0 Å². The van der Waals surface area contributed by atoms with E-state index in [0.717, 1.165) is 38.2 Å². The van der Waals surface area contributed by atoms with Crippen LogP contribution in [0.4, 0.5) is 5.69 Å². The number of likely N-dealkylation sites (tertiary alicyclic amines) is 1. The molecule has 0 saturated carbocycles. The molecule has 0 amide bonds. The largest absolute Gasteiger partial charge is 0.368 e. The molecule has 144 valence electrons. The summed E-state index contributed by atoms with van der Waals surface area (Å²) in [6, 6.07) is 12.6. The molecule has 4 rings (SSSR count). The van der Waals surface area contributed by atoms with Crippen LogP contribution in [0.5, 0.6) is 0 Å². The molecule has 2 aliphatic rings. The Balaban J connectivity index is 1.58. The van der Waals surface area contributed by atoms with Crippen LogP contribution in [0.2, 0.25) is 5.02 Å².